The van der Waals surface area contributed by atoms with E-state index in [1.165, 1.54) is 42.9 Å². The third-order valence-corrected chi connectivity index (χ3v) is 7.66. The second kappa shape index (κ2) is 7.48. The molecule has 0 unspecified atom stereocenters. The molecule has 2 aliphatic carbocycles. The van der Waals surface area contributed by atoms with Gasteiger partial charge in [0.2, 0.25) is 11.5 Å². The fourth-order valence-electron chi connectivity index (χ4n) is 6.31. The molecule has 0 radical (unpaired) electrons. The van der Waals surface area contributed by atoms with E-state index in [0.717, 1.165) is 25.8 Å². The number of carbonyl (C=O) groups is 2. The Labute approximate surface area is 185 Å². The number of furan rings is 2. The van der Waals surface area contributed by atoms with Gasteiger partial charge in [0.1, 0.15) is 5.75 Å². The molecule has 6 heteroatoms. The predicted molar refractivity (Wildman–Crippen MR) is 116 cm³/mol. The lowest BCUT2D eigenvalue weighted by Crippen LogP contribution is -2.59. The van der Waals surface area contributed by atoms with Crippen LogP contribution in [0.5, 0.6) is 5.75 Å². The molecule has 3 atom stereocenters. The van der Waals surface area contributed by atoms with Gasteiger partial charge in [0.25, 0.3) is 0 Å². The largest absolute Gasteiger partial charge is 0.461 e. The van der Waals surface area contributed by atoms with Crippen LogP contribution in [0.2, 0.25) is 0 Å². The Morgan fingerprint density at radius 3 is 2.62 bits per heavy atom. The number of esters is 1. The zero-order valence-corrected chi connectivity index (χ0v) is 17.8. The maximum Gasteiger partial charge on any atom is 0.379 e. The van der Waals surface area contributed by atoms with E-state index in [2.05, 4.69) is 5.32 Å². The van der Waals surface area contributed by atoms with E-state index in [0.29, 0.717) is 17.5 Å². The predicted octanol–water partition coefficient (Wildman–Crippen LogP) is 4.67. The standard InChI is InChI=1S/C26H25NO5/c28-24(21-6-3-11-30-21)17-13-16-14-20-18-5-1-2-8-26(18,9-10-27-20)19(16)15-23(17)32-25(29)22-7-4-12-31-22/h3-4,6-7,11-13,15,18,20,27H,1-2,5,8-10,14H2/t18-,20+,26+/m0/s1. The average molecular weight is 431 g/mol. The first-order valence-electron chi connectivity index (χ1n) is 11.4. The van der Waals surface area contributed by atoms with Gasteiger partial charge in [-0.3, -0.25) is 4.79 Å². The summed E-state index contributed by atoms with van der Waals surface area (Å²) in [5.41, 5.74) is 2.86. The van der Waals surface area contributed by atoms with E-state index < -0.39 is 5.97 Å². The van der Waals surface area contributed by atoms with Gasteiger partial charge in [-0.2, -0.15) is 0 Å². The molecule has 1 N–H and O–H groups in total. The quantitative estimate of drug-likeness (QED) is 0.367. The van der Waals surface area contributed by atoms with E-state index in [9.17, 15) is 9.59 Å². The number of ether oxygens (including phenoxy) is 1. The minimum Gasteiger partial charge on any atom is -0.461 e. The molecule has 2 aromatic heterocycles. The summed E-state index contributed by atoms with van der Waals surface area (Å²) in [6.45, 7) is 0.995. The molecule has 3 aliphatic rings. The van der Waals surface area contributed by atoms with E-state index >= 15 is 0 Å². The maximum atomic E-state index is 13.3. The lowest BCUT2D eigenvalue weighted by atomic mass is 9.52. The molecular weight excluding hydrogens is 406 g/mol. The number of hydrogen-bond acceptors (Lipinski definition) is 6. The minimum atomic E-state index is -0.611. The van der Waals surface area contributed by atoms with Crippen molar-refractivity contribution < 1.29 is 23.2 Å². The molecule has 3 heterocycles. The summed E-state index contributed by atoms with van der Waals surface area (Å²) in [7, 11) is 0. The number of ketones is 1. The highest BCUT2D eigenvalue weighted by molar-refractivity contribution is 6.09. The highest BCUT2D eigenvalue weighted by Crippen LogP contribution is 2.54. The molecule has 1 aromatic carbocycles. The zero-order valence-electron chi connectivity index (χ0n) is 17.8. The van der Waals surface area contributed by atoms with Crippen molar-refractivity contribution in [3.63, 3.8) is 0 Å². The van der Waals surface area contributed by atoms with Gasteiger partial charge in [0.15, 0.2) is 5.76 Å². The van der Waals surface area contributed by atoms with Crippen LogP contribution in [-0.4, -0.2) is 24.3 Å². The third kappa shape index (κ3) is 2.97. The summed E-state index contributed by atoms with van der Waals surface area (Å²) >= 11 is 0. The van der Waals surface area contributed by atoms with Crippen molar-refractivity contribution in [3.05, 3.63) is 77.1 Å². The number of rotatable bonds is 4. The molecule has 6 nitrogen and oxygen atoms in total. The Hall–Kier alpha value is -3.12. The van der Waals surface area contributed by atoms with Gasteiger partial charge >= 0.3 is 5.97 Å². The first-order chi connectivity index (χ1) is 15.7. The van der Waals surface area contributed by atoms with Gasteiger partial charge < -0.3 is 18.9 Å². The van der Waals surface area contributed by atoms with Crippen LogP contribution < -0.4 is 10.1 Å². The van der Waals surface area contributed by atoms with Gasteiger partial charge in [-0.15, -0.1) is 0 Å². The maximum absolute atomic E-state index is 13.3. The molecule has 2 bridgehead atoms. The summed E-state index contributed by atoms with van der Waals surface area (Å²) in [4.78, 5) is 26.0. The van der Waals surface area contributed by atoms with E-state index in [1.807, 2.05) is 12.1 Å². The van der Waals surface area contributed by atoms with E-state index in [1.54, 1.807) is 24.3 Å². The smallest absolute Gasteiger partial charge is 0.379 e. The van der Waals surface area contributed by atoms with Crippen molar-refractivity contribution in [1.82, 2.24) is 5.32 Å². The molecule has 6 rings (SSSR count). The number of piperidine rings is 1. The summed E-state index contributed by atoms with van der Waals surface area (Å²) < 4.78 is 16.4. The fraction of sp³-hybridized carbons (Fsp3) is 0.385. The van der Waals surface area contributed by atoms with Gasteiger partial charge in [-0.25, -0.2) is 4.79 Å². The molecule has 1 saturated carbocycles. The van der Waals surface area contributed by atoms with Crippen molar-refractivity contribution in [2.24, 2.45) is 5.92 Å². The number of hydrogen-bond donors (Lipinski definition) is 1. The van der Waals surface area contributed by atoms with Crippen LogP contribution in [-0.2, 0) is 11.8 Å². The Morgan fingerprint density at radius 1 is 1.03 bits per heavy atom. The third-order valence-electron chi connectivity index (χ3n) is 7.66. The van der Waals surface area contributed by atoms with Crippen LogP contribution in [0.25, 0.3) is 0 Å². The molecule has 1 saturated heterocycles. The molecule has 2 fully saturated rings. The van der Waals surface area contributed by atoms with Gasteiger partial charge in [0, 0.05) is 11.5 Å². The van der Waals surface area contributed by atoms with Gasteiger partial charge in [0.05, 0.1) is 18.1 Å². The lowest BCUT2D eigenvalue weighted by molar-refractivity contribution is 0.0689. The first-order valence-corrected chi connectivity index (χ1v) is 11.4. The van der Waals surface area contributed by atoms with Gasteiger partial charge in [-0.1, -0.05) is 12.8 Å². The molecule has 1 aliphatic heterocycles. The molecule has 0 spiro atoms. The van der Waals surface area contributed by atoms with E-state index in [4.69, 9.17) is 13.6 Å². The monoisotopic (exact) mass is 431 g/mol. The Balaban J connectivity index is 1.49. The fourth-order valence-corrected chi connectivity index (χ4v) is 6.31. The number of nitrogens with one attached hydrogen (secondary N) is 1. The molecule has 32 heavy (non-hydrogen) atoms. The molecular formula is C26H25NO5. The van der Waals surface area contributed by atoms with Crippen LogP contribution >= 0.6 is 0 Å². The normalized spacial score (nSPS) is 26.1. The number of benzene rings is 1. The van der Waals surface area contributed by atoms with Crippen LogP contribution in [0.3, 0.4) is 0 Å². The van der Waals surface area contributed by atoms with Crippen molar-refractivity contribution >= 4 is 11.8 Å². The summed E-state index contributed by atoms with van der Waals surface area (Å²) in [6, 6.07) is 10.8. The molecule has 164 valence electrons. The van der Waals surface area contributed by atoms with Crippen LogP contribution in [0.15, 0.2) is 57.8 Å². The molecule has 0 amide bonds. The zero-order chi connectivity index (χ0) is 21.7. The summed E-state index contributed by atoms with van der Waals surface area (Å²) in [5, 5.41) is 3.73. The van der Waals surface area contributed by atoms with Crippen LogP contribution in [0.1, 0.15) is 69.9 Å². The number of fused-ring (bicyclic) bond motifs is 1. The average Bonchev–Trinajstić information content (AvgIpc) is 3.53. The van der Waals surface area contributed by atoms with E-state index in [-0.39, 0.29) is 28.5 Å². The minimum absolute atomic E-state index is 0.0832. The van der Waals surface area contributed by atoms with Crippen molar-refractivity contribution in [1.29, 1.82) is 0 Å². The summed E-state index contributed by atoms with van der Waals surface area (Å²) in [6.07, 6.45) is 9.67. The number of carbonyl (C=O) groups excluding carboxylic acids is 2. The van der Waals surface area contributed by atoms with Crippen LogP contribution in [0, 0.1) is 5.92 Å². The SMILES string of the molecule is O=C(Oc1cc2c(cc1C(=O)c1ccco1)C[C@H]1NCC[C@@]23CCCC[C@@H]13)c1ccco1. The Kier molecular flexibility index (Phi) is 4.57. The lowest BCUT2D eigenvalue weighted by Gasteiger charge is -2.56. The second-order valence-electron chi connectivity index (χ2n) is 9.20. The second-order valence-corrected chi connectivity index (χ2v) is 9.20. The van der Waals surface area contributed by atoms with Crippen LogP contribution in [0.4, 0.5) is 0 Å². The highest BCUT2D eigenvalue weighted by atomic mass is 16.5. The van der Waals surface area contributed by atoms with Gasteiger partial charge in [-0.05, 0) is 85.7 Å². The topological polar surface area (TPSA) is 81.7 Å². The van der Waals surface area contributed by atoms with Crippen molar-refractivity contribution in [2.45, 2.75) is 50.0 Å². The molecule has 3 aromatic rings. The first kappa shape index (κ1) is 19.6. The highest BCUT2D eigenvalue weighted by Gasteiger charge is 2.51. The van der Waals surface area contributed by atoms with Crippen molar-refractivity contribution in [2.75, 3.05) is 6.54 Å². The Bertz CT molecular complexity index is 1160. The Morgan fingerprint density at radius 2 is 1.84 bits per heavy atom. The van der Waals surface area contributed by atoms with Crippen molar-refractivity contribution in [3.8, 4) is 5.75 Å². The summed E-state index contributed by atoms with van der Waals surface area (Å²) in [5.74, 6) is 0.291.